The summed E-state index contributed by atoms with van der Waals surface area (Å²) in [6.45, 7) is 9.64. The molecule has 0 saturated carbocycles. The van der Waals surface area contributed by atoms with Gasteiger partial charge in [-0.2, -0.15) is 0 Å². The molecule has 1 aliphatic heterocycles. The number of hydrogen-bond acceptors (Lipinski definition) is 5. The number of nitrogens with zero attached hydrogens (tertiary/aromatic N) is 2. The summed E-state index contributed by atoms with van der Waals surface area (Å²) in [5.74, 6) is 1.73. The highest BCUT2D eigenvalue weighted by Crippen LogP contribution is 2.24. The molecule has 1 fully saturated rings. The van der Waals surface area contributed by atoms with Gasteiger partial charge in [-0.15, -0.1) is 0 Å². The molecule has 5 nitrogen and oxygen atoms in total. The zero-order valence-electron chi connectivity index (χ0n) is 18.2. The Labute approximate surface area is 176 Å². The van der Waals surface area contributed by atoms with E-state index in [-0.39, 0.29) is 6.29 Å². The number of hydrogen-bond donors (Lipinski definition) is 0. The van der Waals surface area contributed by atoms with Crippen LogP contribution in [0.15, 0.2) is 36.7 Å². The first-order valence-corrected chi connectivity index (χ1v) is 14.2. The van der Waals surface area contributed by atoms with Crippen LogP contribution in [0.4, 0.5) is 0 Å². The van der Waals surface area contributed by atoms with Crippen molar-refractivity contribution >= 4 is 8.32 Å². The monoisotopic (exact) mass is 414 g/mol. The Morgan fingerprint density at radius 1 is 1.07 bits per heavy atom. The Kier molecular flexibility index (Phi) is 7.81. The van der Waals surface area contributed by atoms with Crippen molar-refractivity contribution in [1.82, 2.24) is 9.97 Å². The molecule has 29 heavy (non-hydrogen) atoms. The van der Waals surface area contributed by atoms with Crippen LogP contribution in [0.25, 0.3) is 11.1 Å². The average molecular weight is 415 g/mol. The Balaban J connectivity index is 1.48. The van der Waals surface area contributed by atoms with Gasteiger partial charge in [0.1, 0.15) is 11.6 Å². The van der Waals surface area contributed by atoms with E-state index in [9.17, 15) is 0 Å². The van der Waals surface area contributed by atoms with E-state index in [0.29, 0.717) is 6.10 Å². The number of ether oxygens (including phenoxy) is 2. The SMILES string of the molecule is CC(CCCc1ncc(-c2ccc(OC3CCCCO3)cc2)cn1)O[Si](C)(C)C. The van der Waals surface area contributed by atoms with Crippen LogP contribution in [-0.4, -0.2) is 37.3 Å². The van der Waals surface area contributed by atoms with Gasteiger partial charge in [0.25, 0.3) is 0 Å². The predicted molar refractivity (Wildman–Crippen MR) is 119 cm³/mol. The highest BCUT2D eigenvalue weighted by atomic mass is 28.4. The molecule has 1 saturated heterocycles. The van der Waals surface area contributed by atoms with Gasteiger partial charge in [-0.1, -0.05) is 12.1 Å². The molecule has 158 valence electrons. The van der Waals surface area contributed by atoms with Crippen LogP contribution in [0.5, 0.6) is 5.75 Å². The van der Waals surface area contributed by atoms with E-state index in [4.69, 9.17) is 13.9 Å². The maximum atomic E-state index is 6.09. The second-order valence-corrected chi connectivity index (χ2v) is 13.2. The molecule has 3 rings (SSSR count). The summed E-state index contributed by atoms with van der Waals surface area (Å²) in [5, 5.41) is 0. The van der Waals surface area contributed by atoms with Crippen molar-refractivity contribution in [1.29, 1.82) is 0 Å². The minimum Gasteiger partial charge on any atom is -0.465 e. The van der Waals surface area contributed by atoms with Gasteiger partial charge in [-0.05, 0) is 69.9 Å². The molecule has 0 N–H and O–H groups in total. The van der Waals surface area contributed by atoms with E-state index in [0.717, 1.165) is 67.8 Å². The standard InChI is InChI=1S/C23H34N2O3Si/c1-18(28-29(2,3)4)8-7-9-22-24-16-20(17-25-22)19-11-13-21(14-12-19)27-23-10-5-6-15-26-23/h11-14,16-18,23H,5-10,15H2,1-4H3. The van der Waals surface area contributed by atoms with Crippen molar-refractivity contribution < 1.29 is 13.9 Å². The van der Waals surface area contributed by atoms with Crippen LogP contribution in [0.2, 0.25) is 19.6 Å². The van der Waals surface area contributed by atoms with Gasteiger partial charge >= 0.3 is 0 Å². The molecule has 2 aromatic rings. The molecule has 2 unspecified atom stereocenters. The van der Waals surface area contributed by atoms with Crippen LogP contribution in [-0.2, 0) is 15.6 Å². The van der Waals surface area contributed by atoms with Gasteiger partial charge in [0.2, 0.25) is 0 Å². The van der Waals surface area contributed by atoms with Gasteiger partial charge in [0.05, 0.1) is 6.61 Å². The molecule has 1 aliphatic rings. The molecule has 0 amide bonds. The summed E-state index contributed by atoms with van der Waals surface area (Å²) < 4.78 is 17.6. The minimum absolute atomic E-state index is 0.115. The molecule has 0 radical (unpaired) electrons. The minimum atomic E-state index is -1.46. The fraction of sp³-hybridized carbons (Fsp3) is 0.565. The lowest BCUT2D eigenvalue weighted by molar-refractivity contribution is -0.105. The fourth-order valence-corrected chi connectivity index (χ4v) is 4.85. The van der Waals surface area contributed by atoms with E-state index >= 15 is 0 Å². The summed E-state index contributed by atoms with van der Waals surface area (Å²) in [5.41, 5.74) is 2.11. The predicted octanol–water partition coefficient (Wildman–Crippen LogP) is 5.61. The zero-order valence-corrected chi connectivity index (χ0v) is 19.2. The highest BCUT2D eigenvalue weighted by molar-refractivity contribution is 6.69. The van der Waals surface area contributed by atoms with Gasteiger partial charge in [0, 0.05) is 36.9 Å². The molecular formula is C23H34N2O3Si. The highest BCUT2D eigenvalue weighted by Gasteiger charge is 2.18. The average Bonchev–Trinajstić information content (AvgIpc) is 2.69. The second kappa shape index (κ2) is 10.3. The first kappa shape index (κ1) is 21.9. The van der Waals surface area contributed by atoms with Gasteiger partial charge < -0.3 is 13.9 Å². The smallest absolute Gasteiger partial charge is 0.199 e. The third kappa shape index (κ3) is 7.53. The van der Waals surface area contributed by atoms with E-state index in [1.54, 1.807) is 0 Å². The number of aromatic nitrogens is 2. The molecule has 2 heterocycles. The largest absolute Gasteiger partial charge is 0.465 e. The normalized spacial score (nSPS) is 18.4. The summed E-state index contributed by atoms with van der Waals surface area (Å²) in [6.07, 6.45) is 10.2. The van der Waals surface area contributed by atoms with E-state index in [1.165, 1.54) is 0 Å². The molecule has 1 aromatic heterocycles. The Morgan fingerprint density at radius 2 is 1.79 bits per heavy atom. The lowest BCUT2D eigenvalue weighted by Gasteiger charge is -2.23. The first-order valence-electron chi connectivity index (χ1n) is 10.8. The number of benzene rings is 1. The number of aryl methyl sites for hydroxylation is 1. The third-order valence-corrected chi connectivity index (χ3v) is 5.97. The summed E-state index contributed by atoms with van der Waals surface area (Å²) in [6, 6.07) is 8.07. The quantitative estimate of drug-likeness (QED) is 0.499. The third-order valence-electron chi connectivity index (χ3n) is 4.86. The molecular weight excluding hydrogens is 380 g/mol. The lowest BCUT2D eigenvalue weighted by Crippen LogP contribution is -2.30. The first-order chi connectivity index (χ1) is 13.9. The van der Waals surface area contributed by atoms with Crippen LogP contribution in [0, 0.1) is 0 Å². The molecule has 0 aliphatic carbocycles. The molecule has 0 bridgehead atoms. The summed E-state index contributed by atoms with van der Waals surface area (Å²) in [4.78, 5) is 9.10. The topological polar surface area (TPSA) is 53.5 Å². The maximum absolute atomic E-state index is 6.09. The zero-order chi connectivity index (χ0) is 20.7. The Morgan fingerprint density at radius 3 is 2.41 bits per heavy atom. The molecule has 2 atom stereocenters. The van der Waals surface area contributed by atoms with Crippen LogP contribution >= 0.6 is 0 Å². The van der Waals surface area contributed by atoms with E-state index < -0.39 is 8.32 Å². The number of rotatable bonds is 9. The summed E-state index contributed by atoms with van der Waals surface area (Å²) in [7, 11) is -1.46. The summed E-state index contributed by atoms with van der Waals surface area (Å²) >= 11 is 0. The van der Waals surface area contributed by atoms with Crippen molar-refractivity contribution in [2.45, 2.75) is 77.5 Å². The van der Waals surface area contributed by atoms with E-state index in [2.05, 4.69) is 36.5 Å². The molecule has 1 aromatic carbocycles. The fourth-order valence-electron chi connectivity index (χ4n) is 3.52. The molecule has 0 spiro atoms. The van der Waals surface area contributed by atoms with Crippen molar-refractivity contribution in [2.24, 2.45) is 0 Å². The van der Waals surface area contributed by atoms with Crippen LogP contribution in [0.3, 0.4) is 0 Å². The van der Waals surface area contributed by atoms with Crippen molar-refractivity contribution in [3.8, 4) is 16.9 Å². The van der Waals surface area contributed by atoms with E-state index in [1.807, 2.05) is 36.7 Å². The Bertz CT molecular complexity index is 738. The Hall–Kier alpha value is -1.76. The second-order valence-electron chi connectivity index (χ2n) is 8.76. The van der Waals surface area contributed by atoms with Crippen LogP contribution < -0.4 is 4.74 Å². The molecule has 6 heteroatoms. The maximum Gasteiger partial charge on any atom is 0.199 e. The van der Waals surface area contributed by atoms with Crippen molar-refractivity contribution in [3.63, 3.8) is 0 Å². The van der Waals surface area contributed by atoms with Gasteiger partial charge in [-0.25, -0.2) is 9.97 Å². The van der Waals surface area contributed by atoms with Crippen molar-refractivity contribution in [3.05, 3.63) is 42.5 Å². The van der Waals surface area contributed by atoms with Gasteiger partial charge in [0.15, 0.2) is 14.6 Å². The lowest BCUT2D eigenvalue weighted by atomic mass is 10.1. The van der Waals surface area contributed by atoms with Crippen LogP contribution in [0.1, 0.15) is 44.9 Å². The van der Waals surface area contributed by atoms with Gasteiger partial charge in [-0.3, -0.25) is 0 Å². The van der Waals surface area contributed by atoms with Crippen molar-refractivity contribution in [2.75, 3.05) is 6.61 Å².